The van der Waals surface area contributed by atoms with Gasteiger partial charge in [-0.15, -0.1) is 15.3 Å². The highest BCUT2D eigenvalue weighted by atomic mass is 16.5. The molecule has 5 heterocycles. The summed E-state index contributed by atoms with van der Waals surface area (Å²) in [6, 6.07) is 7.82. The van der Waals surface area contributed by atoms with Crippen molar-refractivity contribution in [3.63, 3.8) is 0 Å². The Kier molecular flexibility index (Phi) is 3.88. The number of fused-ring (bicyclic) bond motifs is 2. The summed E-state index contributed by atoms with van der Waals surface area (Å²) in [5.74, 6) is 2.87. The molecule has 28 heavy (non-hydrogen) atoms. The number of methoxy groups -OCH3 is 1. The Labute approximate surface area is 162 Å². The predicted molar refractivity (Wildman–Crippen MR) is 104 cm³/mol. The van der Waals surface area contributed by atoms with Gasteiger partial charge in [0.05, 0.1) is 12.8 Å². The molecule has 4 aromatic heterocycles. The summed E-state index contributed by atoms with van der Waals surface area (Å²) in [6.07, 6.45) is 1.95. The first-order chi connectivity index (χ1) is 13.6. The van der Waals surface area contributed by atoms with Crippen LogP contribution < -0.4 is 9.64 Å². The molecule has 9 nitrogen and oxygen atoms in total. The molecule has 0 amide bonds. The number of hydrogen-bond donors (Lipinski definition) is 0. The van der Waals surface area contributed by atoms with E-state index in [4.69, 9.17) is 4.74 Å². The first-order valence-electron chi connectivity index (χ1n) is 9.48. The van der Waals surface area contributed by atoms with Gasteiger partial charge < -0.3 is 9.64 Å². The molecule has 9 heteroatoms. The minimum Gasteiger partial charge on any atom is -0.480 e. The fourth-order valence-electron chi connectivity index (χ4n) is 3.94. The van der Waals surface area contributed by atoms with Crippen molar-refractivity contribution in [2.24, 2.45) is 0 Å². The third-order valence-corrected chi connectivity index (χ3v) is 5.31. The molecule has 0 atom stereocenters. The van der Waals surface area contributed by atoms with E-state index in [2.05, 4.69) is 36.3 Å². The van der Waals surface area contributed by atoms with E-state index >= 15 is 0 Å². The SMILES string of the molecule is COc1ccc2nnc(C3CCN(c4cc(C)nc5cc(C)nn45)CC3)n2n1. The Hall–Kier alpha value is -3.23. The molecule has 144 valence electrons. The van der Waals surface area contributed by atoms with Gasteiger partial charge in [0, 0.05) is 42.9 Å². The highest BCUT2D eigenvalue weighted by Crippen LogP contribution is 2.30. The van der Waals surface area contributed by atoms with Gasteiger partial charge in [-0.1, -0.05) is 0 Å². The van der Waals surface area contributed by atoms with Gasteiger partial charge in [-0.05, 0) is 32.8 Å². The number of piperidine rings is 1. The van der Waals surface area contributed by atoms with E-state index in [0.717, 1.165) is 60.3 Å². The van der Waals surface area contributed by atoms with Gasteiger partial charge in [0.1, 0.15) is 5.82 Å². The van der Waals surface area contributed by atoms with Crippen LogP contribution in [-0.2, 0) is 0 Å². The second kappa shape index (κ2) is 6.43. The summed E-state index contributed by atoms with van der Waals surface area (Å²) in [4.78, 5) is 6.97. The molecule has 0 bridgehead atoms. The van der Waals surface area contributed by atoms with Gasteiger partial charge in [-0.25, -0.2) is 4.98 Å². The molecule has 0 N–H and O–H groups in total. The van der Waals surface area contributed by atoms with Crippen LogP contribution in [0.3, 0.4) is 0 Å². The van der Waals surface area contributed by atoms with Crippen LogP contribution in [0.4, 0.5) is 5.82 Å². The fraction of sp³-hybridized carbons (Fsp3) is 0.421. The Morgan fingerprint density at radius 1 is 0.929 bits per heavy atom. The number of nitrogens with zero attached hydrogens (tertiary/aromatic N) is 8. The van der Waals surface area contributed by atoms with Crippen LogP contribution >= 0.6 is 0 Å². The van der Waals surface area contributed by atoms with E-state index in [0.29, 0.717) is 11.8 Å². The normalized spacial score (nSPS) is 15.6. The number of rotatable bonds is 3. The van der Waals surface area contributed by atoms with Gasteiger partial charge in [0.25, 0.3) is 0 Å². The smallest absolute Gasteiger partial charge is 0.231 e. The van der Waals surface area contributed by atoms with Crippen molar-refractivity contribution in [1.29, 1.82) is 0 Å². The fourth-order valence-corrected chi connectivity index (χ4v) is 3.94. The molecule has 0 aliphatic carbocycles. The van der Waals surface area contributed by atoms with Crippen molar-refractivity contribution < 1.29 is 4.74 Å². The Balaban J connectivity index is 1.42. The topological polar surface area (TPSA) is 85.7 Å². The number of hydrogen-bond acceptors (Lipinski definition) is 7. The molecule has 5 rings (SSSR count). The lowest BCUT2D eigenvalue weighted by Gasteiger charge is -2.32. The monoisotopic (exact) mass is 378 g/mol. The molecule has 1 aliphatic rings. The number of anilines is 1. The van der Waals surface area contributed by atoms with E-state index in [1.807, 2.05) is 35.0 Å². The zero-order valence-corrected chi connectivity index (χ0v) is 16.2. The molecule has 0 spiro atoms. The van der Waals surface area contributed by atoms with Gasteiger partial charge in [-0.3, -0.25) is 0 Å². The van der Waals surface area contributed by atoms with Crippen LogP contribution in [0, 0.1) is 13.8 Å². The van der Waals surface area contributed by atoms with Crippen molar-refractivity contribution in [3.05, 3.63) is 41.5 Å². The first kappa shape index (κ1) is 16.9. The van der Waals surface area contributed by atoms with Gasteiger partial charge in [0.15, 0.2) is 17.1 Å². The Morgan fingerprint density at radius 3 is 2.54 bits per heavy atom. The van der Waals surface area contributed by atoms with Crippen molar-refractivity contribution in [1.82, 2.24) is 34.4 Å². The average molecular weight is 378 g/mol. The largest absolute Gasteiger partial charge is 0.480 e. The van der Waals surface area contributed by atoms with Crippen LogP contribution in [0.25, 0.3) is 11.3 Å². The van der Waals surface area contributed by atoms with Crippen LogP contribution in [0.2, 0.25) is 0 Å². The molecule has 0 radical (unpaired) electrons. The van der Waals surface area contributed by atoms with Gasteiger partial charge in [0.2, 0.25) is 5.88 Å². The third-order valence-electron chi connectivity index (χ3n) is 5.31. The lowest BCUT2D eigenvalue weighted by molar-refractivity contribution is 0.386. The molecule has 0 saturated carbocycles. The van der Waals surface area contributed by atoms with Crippen LogP contribution in [0.15, 0.2) is 24.3 Å². The first-order valence-corrected chi connectivity index (χ1v) is 9.48. The maximum Gasteiger partial charge on any atom is 0.231 e. The van der Waals surface area contributed by atoms with Crippen molar-refractivity contribution in [2.75, 3.05) is 25.1 Å². The van der Waals surface area contributed by atoms with E-state index in [1.165, 1.54) is 0 Å². The molecule has 0 unspecified atom stereocenters. The summed E-state index contributed by atoms with van der Waals surface area (Å²) in [7, 11) is 1.62. The maximum atomic E-state index is 5.25. The number of aromatic nitrogens is 7. The Morgan fingerprint density at radius 2 is 1.75 bits per heavy atom. The molecule has 4 aromatic rings. The third kappa shape index (κ3) is 2.74. The quantitative estimate of drug-likeness (QED) is 0.540. The highest BCUT2D eigenvalue weighted by molar-refractivity contribution is 5.52. The zero-order valence-electron chi connectivity index (χ0n) is 16.2. The minimum absolute atomic E-state index is 0.309. The second-order valence-corrected chi connectivity index (χ2v) is 7.28. The van der Waals surface area contributed by atoms with Crippen LogP contribution in [-0.4, -0.2) is 54.6 Å². The standard InChI is InChI=1S/C19H22N8O/c1-12-11-18(26-16(20-12)10-13(2)23-26)25-8-6-14(7-9-25)19-22-21-15-4-5-17(28-3)24-27(15)19/h4-5,10-11,14H,6-9H2,1-3H3. The number of ether oxygens (including phenoxy) is 1. The van der Waals surface area contributed by atoms with E-state index in [9.17, 15) is 0 Å². The minimum atomic E-state index is 0.309. The summed E-state index contributed by atoms with van der Waals surface area (Å²) < 4.78 is 9.01. The van der Waals surface area contributed by atoms with Gasteiger partial charge in [-0.2, -0.15) is 14.1 Å². The van der Waals surface area contributed by atoms with E-state index < -0.39 is 0 Å². The molecule has 1 fully saturated rings. The highest BCUT2D eigenvalue weighted by Gasteiger charge is 2.27. The van der Waals surface area contributed by atoms with Crippen LogP contribution in [0.1, 0.15) is 36.0 Å². The molecular formula is C19H22N8O. The molecule has 1 aliphatic heterocycles. The van der Waals surface area contributed by atoms with Crippen LogP contribution in [0.5, 0.6) is 5.88 Å². The molecule has 0 aromatic carbocycles. The predicted octanol–water partition coefficient (Wildman–Crippen LogP) is 2.18. The van der Waals surface area contributed by atoms with E-state index in [-0.39, 0.29) is 0 Å². The lowest BCUT2D eigenvalue weighted by atomic mass is 9.96. The summed E-state index contributed by atoms with van der Waals surface area (Å²) >= 11 is 0. The summed E-state index contributed by atoms with van der Waals surface area (Å²) in [6.45, 7) is 5.86. The lowest BCUT2D eigenvalue weighted by Crippen LogP contribution is -2.35. The summed E-state index contributed by atoms with van der Waals surface area (Å²) in [5, 5.41) is 17.8. The second-order valence-electron chi connectivity index (χ2n) is 7.28. The zero-order chi connectivity index (χ0) is 19.3. The summed E-state index contributed by atoms with van der Waals surface area (Å²) in [5.41, 5.74) is 3.62. The molecule has 1 saturated heterocycles. The van der Waals surface area contributed by atoms with Crippen molar-refractivity contribution in [2.45, 2.75) is 32.6 Å². The average Bonchev–Trinajstić information content (AvgIpc) is 3.29. The van der Waals surface area contributed by atoms with Crippen molar-refractivity contribution in [3.8, 4) is 5.88 Å². The number of aryl methyl sites for hydroxylation is 2. The van der Waals surface area contributed by atoms with Gasteiger partial charge >= 0.3 is 0 Å². The van der Waals surface area contributed by atoms with E-state index in [1.54, 1.807) is 13.2 Å². The maximum absolute atomic E-state index is 5.25. The Bertz CT molecular complexity index is 1160. The molecular weight excluding hydrogens is 356 g/mol. The van der Waals surface area contributed by atoms with Crippen molar-refractivity contribution >= 4 is 17.1 Å².